The lowest BCUT2D eigenvalue weighted by atomic mass is 9.90. The Morgan fingerprint density at radius 1 is 1.00 bits per heavy atom. The van der Waals surface area contributed by atoms with Crippen molar-refractivity contribution in [3.05, 3.63) is 33.7 Å². The predicted octanol–water partition coefficient (Wildman–Crippen LogP) is 1.38. The van der Waals surface area contributed by atoms with Crippen LogP contribution < -0.4 is 5.69 Å². The van der Waals surface area contributed by atoms with Gasteiger partial charge in [-0.1, -0.05) is 0 Å². The molecule has 0 bridgehead atoms. The van der Waals surface area contributed by atoms with Crippen molar-refractivity contribution in [2.24, 2.45) is 0 Å². The number of ketones is 1. The van der Waals surface area contributed by atoms with Gasteiger partial charge in [0.25, 0.3) is 0 Å². The quantitative estimate of drug-likeness (QED) is 0.677. The third-order valence-electron chi connectivity index (χ3n) is 2.89. The summed E-state index contributed by atoms with van der Waals surface area (Å²) < 4.78 is 0. The minimum absolute atomic E-state index is 0.181. The molecule has 0 spiro atoms. The van der Waals surface area contributed by atoms with E-state index in [9.17, 15) is 9.59 Å². The Hall–Kier alpha value is -1.84. The number of hydrogen-bond donors (Lipinski definition) is 2. The number of H-pyrrole nitrogens is 2. The van der Waals surface area contributed by atoms with Crippen LogP contribution in [0.2, 0.25) is 0 Å². The second-order valence-electron chi connectivity index (χ2n) is 3.91. The summed E-state index contributed by atoms with van der Waals surface area (Å²) >= 11 is 0. The van der Waals surface area contributed by atoms with Crippen LogP contribution in [-0.4, -0.2) is 15.8 Å². The Morgan fingerprint density at radius 2 is 1.73 bits per heavy atom. The molecule has 0 saturated heterocycles. The number of aromatic amines is 2. The first-order chi connectivity index (χ1) is 7.24. The minimum atomic E-state index is -0.222. The Morgan fingerprint density at radius 3 is 2.53 bits per heavy atom. The lowest BCUT2D eigenvalue weighted by molar-refractivity contribution is 0.0972. The van der Waals surface area contributed by atoms with Crippen LogP contribution in [0.4, 0.5) is 0 Å². The average Bonchev–Trinajstić information content (AvgIpc) is 2.55. The molecular formula is C11H10N2O2. The zero-order valence-corrected chi connectivity index (χ0v) is 8.09. The molecule has 76 valence electrons. The van der Waals surface area contributed by atoms with Crippen molar-refractivity contribution >= 4 is 16.8 Å². The van der Waals surface area contributed by atoms with Crippen molar-refractivity contribution in [2.75, 3.05) is 0 Å². The van der Waals surface area contributed by atoms with Gasteiger partial charge in [0, 0.05) is 12.0 Å². The van der Waals surface area contributed by atoms with E-state index in [0.29, 0.717) is 11.9 Å². The Kier molecular flexibility index (Phi) is 1.59. The van der Waals surface area contributed by atoms with Gasteiger partial charge in [0.15, 0.2) is 5.78 Å². The van der Waals surface area contributed by atoms with Gasteiger partial charge in [0.1, 0.15) is 0 Å². The van der Waals surface area contributed by atoms with Crippen molar-refractivity contribution < 1.29 is 4.79 Å². The monoisotopic (exact) mass is 202 g/mol. The molecule has 4 heteroatoms. The number of rotatable bonds is 0. The summed E-state index contributed by atoms with van der Waals surface area (Å²) in [6.45, 7) is 0. The fourth-order valence-corrected chi connectivity index (χ4v) is 2.17. The molecule has 1 aliphatic carbocycles. The van der Waals surface area contributed by atoms with Crippen LogP contribution in [0.1, 0.15) is 28.8 Å². The molecule has 0 unspecified atom stereocenters. The summed E-state index contributed by atoms with van der Waals surface area (Å²) in [6.07, 6.45) is 2.45. The number of Topliss-reactive ketones (excluding diaryl/α,β-unsaturated/α-hetero) is 1. The fraction of sp³-hybridized carbons (Fsp3) is 0.273. The Labute approximate surface area is 85.3 Å². The van der Waals surface area contributed by atoms with Gasteiger partial charge < -0.3 is 9.97 Å². The molecule has 0 fully saturated rings. The van der Waals surface area contributed by atoms with Crippen molar-refractivity contribution in [3.8, 4) is 0 Å². The second kappa shape index (κ2) is 2.82. The van der Waals surface area contributed by atoms with Gasteiger partial charge in [-0.25, -0.2) is 4.79 Å². The highest BCUT2D eigenvalue weighted by atomic mass is 16.1. The molecule has 0 aliphatic heterocycles. The first-order valence-corrected chi connectivity index (χ1v) is 5.02. The second-order valence-corrected chi connectivity index (χ2v) is 3.91. The first kappa shape index (κ1) is 8.47. The molecule has 4 nitrogen and oxygen atoms in total. The predicted molar refractivity (Wildman–Crippen MR) is 56.2 cm³/mol. The van der Waals surface area contributed by atoms with Gasteiger partial charge in [-0.15, -0.1) is 0 Å². The Bertz CT molecular complexity index is 607. The van der Waals surface area contributed by atoms with Crippen molar-refractivity contribution in [1.29, 1.82) is 0 Å². The molecule has 15 heavy (non-hydrogen) atoms. The maximum atomic E-state index is 11.6. The van der Waals surface area contributed by atoms with E-state index in [4.69, 9.17) is 0 Å². The highest BCUT2D eigenvalue weighted by Gasteiger charge is 2.18. The number of fused-ring (bicyclic) bond motifs is 2. The number of aromatic nitrogens is 2. The molecule has 1 aliphatic rings. The molecule has 2 N–H and O–H groups in total. The zero-order chi connectivity index (χ0) is 10.4. The molecule has 3 rings (SSSR count). The number of benzene rings is 1. The van der Waals surface area contributed by atoms with Crippen LogP contribution in [0.15, 0.2) is 16.9 Å². The highest BCUT2D eigenvalue weighted by molar-refractivity contribution is 6.01. The topological polar surface area (TPSA) is 65.7 Å². The summed E-state index contributed by atoms with van der Waals surface area (Å²) in [7, 11) is 0. The van der Waals surface area contributed by atoms with Gasteiger partial charge in [0.2, 0.25) is 0 Å². The fourth-order valence-electron chi connectivity index (χ4n) is 2.17. The van der Waals surface area contributed by atoms with Gasteiger partial charge in [-0.2, -0.15) is 0 Å². The molecular weight excluding hydrogens is 192 g/mol. The number of aryl methyl sites for hydroxylation is 1. The van der Waals surface area contributed by atoms with E-state index in [1.54, 1.807) is 6.07 Å². The van der Waals surface area contributed by atoms with E-state index in [1.807, 2.05) is 6.07 Å². The molecule has 0 radical (unpaired) electrons. The van der Waals surface area contributed by atoms with E-state index in [2.05, 4.69) is 9.97 Å². The number of carbonyl (C=O) groups excluding carboxylic acids is 1. The summed E-state index contributed by atoms with van der Waals surface area (Å²) in [5.74, 6) is 0.181. The largest absolute Gasteiger partial charge is 0.323 e. The number of nitrogens with one attached hydrogen (secondary N) is 2. The molecule has 1 aromatic heterocycles. The molecule has 0 atom stereocenters. The van der Waals surface area contributed by atoms with Crippen LogP contribution in [-0.2, 0) is 6.42 Å². The Balaban J connectivity index is 2.35. The van der Waals surface area contributed by atoms with E-state index in [1.165, 1.54) is 0 Å². The average molecular weight is 202 g/mol. The van der Waals surface area contributed by atoms with Crippen LogP contribution in [0.5, 0.6) is 0 Å². The van der Waals surface area contributed by atoms with Gasteiger partial charge >= 0.3 is 5.69 Å². The van der Waals surface area contributed by atoms with E-state index in [-0.39, 0.29) is 11.5 Å². The van der Waals surface area contributed by atoms with E-state index >= 15 is 0 Å². The zero-order valence-electron chi connectivity index (χ0n) is 8.09. The third-order valence-corrected chi connectivity index (χ3v) is 2.89. The maximum absolute atomic E-state index is 11.6. The summed E-state index contributed by atoms with van der Waals surface area (Å²) in [6, 6.07) is 3.68. The standard InChI is InChI=1S/C11H10N2O2/c14-10-3-1-2-6-4-8-9(5-7(6)10)13-11(15)12-8/h4-5H,1-3H2,(H2,12,13,15). The van der Waals surface area contributed by atoms with Gasteiger partial charge in [-0.05, 0) is 30.5 Å². The van der Waals surface area contributed by atoms with Crippen molar-refractivity contribution in [2.45, 2.75) is 19.3 Å². The molecule has 0 amide bonds. The van der Waals surface area contributed by atoms with Gasteiger partial charge in [0.05, 0.1) is 11.0 Å². The van der Waals surface area contributed by atoms with Crippen molar-refractivity contribution in [3.63, 3.8) is 0 Å². The lowest BCUT2D eigenvalue weighted by Gasteiger charge is -2.13. The summed E-state index contributed by atoms with van der Waals surface area (Å²) in [5.41, 5.74) is 3.10. The van der Waals surface area contributed by atoms with Crippen LogP contribution in [0.3, 0.4) is 0 Å². The smallest absolute Gasteiger partial charge is 0.306 e. The molecule has 0 saturated carbocycles. The molecule has 1 aromatic carbocycles. The number of carbonyl (C=O) groups is 1. The number of hydrogen-bond acceptors (Lipinski definition) is 2. The SMILES string of the molecule is O=C1CCCc2cc3[nH]c(=O)[nH]c3cc21. The lowest BCUT2D eigenvalue weighted by Crippen LogP contribution is -2.10. The highest BCUT2D eigenvalue weighted by Crippen LogP contribution is 2.24. The van der Waals surface area contributed by atoms with E-state index < -0.39 is 0 Å². The van der Waals surface area contributed by atoms with Crippen molar-refractivity contribution in [1.82, 2.24) is 9.97 Å². The first-order valence-electron chi connectivity index (χ1n) is 5.02. The summed E-state index contributed by atoms with van der Waals surface area (Å²) in [5, 5.41) is 0. The summed E-state index contributed by atoms with van der Waals surface area (Å²) in [4.78, 5) is 28.1. The van der Waals surface area contributed by atoms with Gasteiger partial charge in [-0.3, -0.25) is 4.79 Å². The maximum Gasteiger partial charge on any atom is 0.323 e. The number of imidazole rings is 1. The van der Waals surface area contributed by atoms with Crippen LogP contribution in [0, 0.1) is 0 Å². The van der Waals surface area contributed by atoms with Crippen LogP contribution >= 0.6 is 0 Å². The molecule has 1 heterocycles. The van der Waals surface area contributed by atoms with E-state index in [0.717, 1.165) is 29.5 Å². The normalized spacial score (nSPS) is 15.6. The minimum Gasteiger partial charge on any atom is -0.306 e. The third kappa shape index (κ3) is 1.21. The molecule has 2 aromatic rings. The van der Waals surface area contributed by atoms with Crippen LogP contribution in [0.25, 0.3) is 11.0 Å².